The van der Waals surface area contributed by atoms with E-state index in [4.69, 9.17) is 4.98 Å². The summed E-state index contributed by atoms with van der Waals surface area (Å²) in [6, 6.07) is 3.90. The van der Waals surface area contributed by atoms with E-state index in [1.54, 1.807) is 17.0 Å². The first kappa shape index (κ1) is 22.6. The van der Waals surface area contributed by atoms with Crippen molar-refractivity contribution >= 4 is 28.1 Å². The summed E-state index contributed by atoms with van der Waals surface area (Å²) in [5, 5.41) is 9.68. The van der Waals surface area contributed by atoms with Crippen molar-refractivity contribution in [3.05, 3.63) is 47.0 Å². The van der Waals surface area contributed by atoms with E-state index >= 15 is 0 Å². The Morgan fingerprint density at radius 2 is 1.97 bits per heavy atom. The molecule has 1 aliphatic rings. The number of aliphatic hydroxyl groups is 1. The van der Waals surface area contributed by atoms with Crippen molar-refractivity contribution in [2.24, 2.45) is 5.92 Å². The highest BCUT2D eigenvalue weighted by Crippen LogP contribution is 2.37. The molecule has 2 atom stereocenters. The van der Waals surface area contributed by atoms with Crippen molar-refractivity contribution in [2.75, 3.05) is 11.4 Å². The molecule has 0 saturated carbocycles. The smallest absolute Gasteiger partial charge is 0.392 e. The molecule has 4 rings (SSSR count). The Hall–Kier alpha value is -2.57. The van der Waals surface area contributed by atoms with Crippen molar-refractivity contribution < 1.29 is 27.0 Å². The topological polar surface area (TPSA) is 104 Å². The number of hydrogen-bond acceptors (Lipinski definition) is 6. The van der Waals surface area contributed by atoms with Crippen LogP contribution in [-0.2, 0) is 36.2 Å². The average molecular weight is 469 g/mol. The van der Waals surface area contributed by atoms with Gasteiger partial charge in [-0.15, -0.1) is 0 Å². The molecular weight excluding hydrogens is 447 g/mol. The van der Waals surface area contributed by atoms with Crippen molar-refractivity contribution in [3.8, 4) is 0 Å². The molecule has 0 amide bonds. The second-order valence-electron chi connectivity index (χ2n) is 7.98. The minimum absolute atomic E-state index is 0.00996. The average Bonchev–Trinajstić information content (AvgIpc) is 3.08. The summed E-state index contributed by atoms with van der Waals surface area (Å²) in [6.45, 7) is 4.38. The van der Waals surface area contributed by atoms with Crippen LogP contribution in [0.1, 0.15) is 42.5 Å². The lowest BCUT2D eigenvalue weighted by molar-refractivity contribution is -0.141. The maximum absolute atomic E-state index is 13.2. The third-order valence-electron chi connectivity index (χ3n) is 5.53. The molecule has 1 unspecified atom stereocenters. The van der Waals surface area contributed by atoms with E-state index in [-0.39, 0.29) is 30.3 Å². The van der Waals surface area contributed by atoms with E-state index in [1.807, 2.05) is 18.4 Å². The molecule has 0 saturated heterocycles. The predicted octanol–water partition coefficient (Wildman–Crippen LogP) is 3.28. The number of benzene rings is 1. The quantitative estimate of drug-likeness (QED) is 0.553. The van der Waals surface area contributed by atoms with Gasteiger partial charge in [-0.25, -0.2) is 19.2 Å². The Bertz CT molecular complexity index is 1180. The molecule has 1 aliphatic heterocycles. The summed E-state index contributed by atoms with van der Waals surface area (Å²) >= 11 is -2.07. The van der Waals surface area contributed by atoms with Gasteiger partial charge in [-0.1, -0.05) is 13.8 Å². The number of nitrogens with zero attached hydrogens (tertiary/aromatic N) is 5. The van der Waals surface area contributed by atoms with Gasteiger partial charge in [0.1, 0.15) is 11.5 Å². The highest BCUT2D eigenvalue weighted by Gasteiger charge is 2.37. The highest BCUT2D eigenvalue weighted by atomic mass is 32.2. The number of aliphatic hydroxyl groups excluding tert-OH is 1. The fourth-order valence-electron chi connectivity index (χ4n) is 4.16. The lowest BCUT2D eigenvalue weighted by Crippen LogP contribution is -2.42. The molecule has 0 aliphatic carbocycles. The van der Waals surface area contributed by atoms with Gasteiger partial charge in [0.2, 0.25) is 5.95 Å². The summed E-state index contributed by atoms with van der Waals surface area (Å²) in [7, 11) is 0. The van der Waals surface area contributed by atoms with Gasteiger partial charge in [0.15, 0.2) is 11.1 Å². The molecule has 3 aromatic rings. The number of alkyl halides is 3. The molecule has 2 aromatic heterocycles. The third-order valence-corrected chi connectivity index (χ3v) is 6.09. The van der Waals surface area contributed by atoms with Crippen LogP contribution in [-0.4, -0.2) is 39.9 Å². The van der Waals surface area contributed by atoms with E-state index in [0.717, 1.165) is 17.8 Å². The van der Waals surface area contributed by atoms with Crippen molar-refractivity contribution in [1.29, 1.82) is 0 Å². The Kier molecular flexibility index (Phi) is 5.94. The van der Waals surface area contributed by atoms with Gasteiger partial charge >= 0.3 is 6.18 Å². The first-order valence-electron chi connectivity index (χ1n) is 9.97. The molecule has 0 bridgehead atoms. The summed E-state index contributed by atoms with van der Waals surface area (Å²) in [6.07, 6.45) is -3.47. The lowest BCUT2D eigenvalue weighted by Gasteiger charge is -2.38. The van der Waals surface area contributed by atoms with Crippen LogP contribution in [0.2, 0.25) is 0 Å². The monoisotopic (exact) mass is 469 g/mol. The number of rotatable bonds is 5. The van der Waals surface area contributed by atoms with Gasteiger partial charge in [-0.2, -0.15) is 13.2 Å². The molecule has 0 radical (unpaired) electrons. The molecule has 1 aromatic carbocycles. The van der Waals surface area contributed by atoms with Crippen LogP contribution < -0.4 is 4.90 Å². The summed E-state index contributed by atoms with van der Waals surface area (Å²) < 4.78 is 62.2. The third kappa shape index (κ3) is 4.09. The molecule has 3 heterocycles. The molecule has 12 heteroatoms. The zero-order valence-electron chi connectivity index (χ0n) is 17.4. The number of hydrogen-bond donors (Lipinski definition) is 2. The number of fused-ring (bicyclic) bond motifs is 3. The molecular formula is C20H22F3N5O3S. The zero-order chi connectivity index (χ0) is 23.2. The number of aromatic nitrogens is 4. The largest absolute Gasteiger partial charge is 0.433 e. The zero-order valence-corrected chi connectivity index (χ0v) is 18.2. The standard InChI is InChI=1S/C20H22F3N5O3S/c1-11(2)17-18-25-14-7-12(9-29)13(10-32(30)31)8-15(14)27(18)5-6-28(17)19-24-4-3-16(26-19)20(21,22)23/h3-4,7-8,11,17,29H,5-6,9-10H2,1-2H3,(H,30,31)/t17-/m1/s1. The van der Waals surface area contributed by atoms with Gasteiger partial charge in [-0.05, 0) is 35.2 Å². The first-order chi connectivity index (χ1) is 15.1. The minimum Gasteiger partial charge on any atom is -0.392 e. The number of halogens is 3. The van der Waals surface area contributed by atoms with Crippen molar-refractivity contribution in [2.45, 2.75) is 45.0 Å². The predicted molar refractivity (Wildman–Crippen MR) is 112 cm³/mol. The molecule has 0 fully saturated rings. The second kappa shape index (κ2) is 8.41. The molecule has 32 heavy (non-hydrogen) atoms. The summed E-state index contributed by atoms with van der Waals surface area (Å²) in [5.41, 5.74) is 1.41. The van der Waals surface area contributed by atoms with Gasteiger partial charge in [-0.3, -0.25) is 0 Å². The van der Waals surface area contributed by atoms with Crippen LogP contribution in [0.25, 0.3) is 11.0 Å². The second-order valence-corrected chi connectivity index (χ2v) is 8.91. The lowest BCUT2D eigenvalue weighted by atomic mass is 10.00. The van der Waals surface area contributed by atoms with E-state index in [9.17, 15) is 27.0 Å². The molecule has 172 valence electrons. The number of imidazole rings is 1. The Morgan fingerprint density at radius 3 is 2.59 bits per heavy atom. The first-order valence-corrected chi connectivity index (χ1v) is 11.2. The fourth-order valence-corrected chi connectivity index (χ4v) is 4.70. The van der Waals surface area contributed by atoms with Crippen molar-refractivity contribution in [1.82, 2.24) is 19.5 Å². The normalized spacial score (nSPS) is 17.8. The van der Waals surface area contributed by atoms with Crippen LogP contribution in [0.3, 0.4) is 0 Å². The highest BCUT2D eigenvalue weighted by molar-refractivity contribution is 7.78. The van der Waals surface area contributed by atoms with Gasteiger partial charge < -0.3 is 19.1 Å². The summed E-state index contributed by atoms with van der Waals surface area (Å²) in [4.78, 5) is 14.3. The van der Waals surface area contributed by atoms with Crippen molar-refractivity contribution in [3.63, 3.8) is 0 Å². The summed E-state index contributed by atoms with van der Waals surface area (Å²) in [5.74, 6) is 0.493. The molecule has 2 N–H and O–H groups in total. The van der Waals surface area contributed by atoms with Crippen LogP contribution in [0, 0.1) is 5.92 Å². The van der Waals surface area contributed by atoms with Crippen LogP contribution >= 0.6 is 0 Å². The Balaban J connectivity index is 1.82. The van der Waals surface area contributed by atoms with Gasteiger partial charge in [0.25, 0.3) is 0 Å². The van der Waals surface area contributed by atoms with Gasteiger partial charge in [0, 0.05) is 19.3 Å². The van der Waals surface area contributed by atoms with Gasteiger partial charge in [0.05, 0.1) is 29.4 Å². The SMILES string of the molecule is CC(C)[C@@H]1c2nc3cc(CO)c(CS(=O)O)cc3n2CCN1c1nccc(C(F)(F)F)n1. The maximum atomic E-state index is 13.2. The van der Waals surface area contributed by atoms with E-state index in [2.05, 4.69) is 9.97 Å². The van der Waals surface area contributed by atoms with Crippen LogP contribution in [0.5, 0.6) is 0 Å². The van der Waals surface area contributed by atoms with E-state index in [0.29, 0.717) is 35.6 Å². The molecule has 0 spiro atoms. The minimum atomic E-state index is -4.57. The Morgan fingerprint density at radius 1 is 1.22 bits per heavy atom. The molecule has 8 nitrogen and oxygen atoms in total. The number of anilines is 1. The Labute approximate surface area is 184 Å². The van der Waals surface area contributed by atoms with E-state index < -0.39 is 23.0 Å². The van der Waals surface area contributed by atoms with Crippen LogP contribution in [0.4, 0.5) is 19.1 Å². The van der Waals surface area contributed by atoms with E-state index in [1.165, 1.54) is 0 Å². The fraction of sp³-hybridized carbons (Fsp3) is 0.450. The van der Waals surface area contributed by atoms with Crippen LogP contribution in [0.15, 0.2) is 24.4 Å². The maximum Gasteiger partial charge on any atom is 0.433 e.